The van der Waals surface area contributed by atoms with E-state index in [1.165, 1.54) is 0 Å². The smallest absolute Gasteiger partial charge is 0.147 e. The standard InChI is InChI=1S/C3H5FO/c4-3-1-5-2-3/h3H,1-2H2/i1D. The topological polar surface area (TPSA) is 9.23 Å². The average molecular weight is 77.1 g/mol. The van der Waals surface area contributed by atoms with Crippen LogP contribution in [0.5, 0.6) is 0 Å². The van der Waals surface area contributed by atoms with Gasteiger partial charge in [0, 0.05) is 0 Å². The van der Waals surface area contributed by atoms with Gasteiger partial charge in [-0.2, -0.15) is 0 Å². The predicted octanol–water partition coefficient (Wildman–Crippen LogP) is 0.355. The van der Waals surface area contributed by atoms with Crippen molar-refractivity contribution in [1.29, 1.82) is 0 Å². The Morgan fingerprint density at radius 1 is 2.20 bits per heavy atom. The maximum absolute atomic E-state index is 11.6. The molecule has 2 heteroatoms. The van der Waals surface area contributed by atoms with Crippen molar-refractivity contribution in [2.75, 3.05) is 13.2 Å². The first kappa shape index (κ1) is 2.13. The fourth-order valence-electron chi connectivity index (χ4n) is 0.169. The minimum atomic E-state index is -1.02. The molecule has 2 atom stereocenters. The van der Waals surface area contributed by atoms with E-state index in [2.05, 4.69) is 4.74 Å². The Balaban J connectivity index is 2.20. The molecule has 1 aliphatic rings. The van der Waals surface area contributed by atoms with Crippen LogP contribution in [0, 0.1) is 0 Å². The third kappa shape index (κ3) is 0.401. The van der Waals surface area contributed by atoms with Crippen molar-refractivity contribution < 1.29 is 10.5 Å². The first-order valence-electron chi connectivity index (χ1n) is 2.06. The van der Waals surface area contributed by atoms with Crippen LogP contribution in [-0.2, 0) is 4.74 Å². The number of alkyl halides is 1. The highest BCUT2D eigenvalue weighted by atomic mass is 19.1. The van der Waals surface area contributed by atoms with E-state index in [1.54, 1.807) is 0 Å². The lowest BCUT2D eigenvalue weighted by atomic mass is 10.4. The van der Waals surface area contributed by atoms with Crippen LogP contribution in [0.4, 0.5) is 4.39 Å². The summed E-state index contributed by atoms with van der Waals surface area (Å²) < 4.78 is 22.5. The number of ether oxygens (including phenoxy) is 1. The van der Waals surface area contributed by atoms with Crippen LogP contribution in [0.15, 0.2) is 0 Å². The molecule has 0 aromatic heterocycles. The van der Waals surface area contributed by atoms with Crippen LogP contribution in [-0.4, -0.2) is 19.4 Å². The summed E-state index contributed by atoms with van der Waals surface area (Å²) in [7, 11) is 0. The van der Waals surface area contributed by atoms with Gasteiger partial charge in [-0.25, -0.2) is 4.39 Å². The average Bonchev–Trinajstić information content (AvgIpc) is 1.61. The zero-order chi connectivity index (χ0) is 4.57. The highest BCUT2D eigenvalue weighted by Crippen LogP contribution is 2.02. The molecule has 2 unspecified atom stereocenters. The largest absolute Gasteiger partial charge is 0.375 e. The second-order valence-electron chi connectivity index (χ2n) is 0.985. The molecule has 0 saturated carbocycles. The summed E-state index contributed by atoms with van der Waals surface area (Å²) in [5.74, 6) is 0. The van der Waals surface area contributed by atoms with E-state index in [0.717, 1.165) is 0 Å². The van der Waals surface area contributed by atoms with Gasteiger partial charge in [-0.3, -0.25) is 0 Å². The van der Waals surface area contributed by atoms with Crippen LogP contribution < -0.4 is 0 Å². The van der Waals surface area contributed by atoms with Gasteiger partial charge < -0.3 is 4.74 Å². The van der Waals surface area contributed by atoms with Crippen molar-refractivity contribution in [2.24, 2.45) is 0 Å². The molecule has 0 aliphatic carbocycles. The molecule has 1 heterocycles. The summed E-state index contributed by atoms with van der Waals surface area (Å²) in [6, 6.07) is 0. The molecule has 0 radical (unpaired) electrons. The number of halogens is 1. The van der Waals surface area contributed by atoms with Crippen LogP contribution in [0.25, 0.3) is 0 Å². The summed E-state index contributed by atoms with van der Waals surface area (Å²) in [6.07, 6.45) is -1.02. The van der Waals surface area contributed by atoms with E-state index in [9.17, 15) is 4.39 Å². The molecular formula is C3H5FO. The van der Waals surface area contributed by atoms with Gasteiger partial charge in [0.2, 0.25) is 0 Å². The second-order valence-corrected chi connectivity index (χ2v) is 0.985. The first-order valence-corrected chi connectivity index (χ1v) is 1.48. The molecule has 1 saturated heterocycles. The summed E-state index contributed by atoms with van der Waals surface area (Å²) in [4.78, 5) is 0. The number of hydrogen-bond donors (Lipinski definition) is 0. The Kier molecular flexibility index (Phi) is 0.400. The molecule has 0 amide bonds. The van der Waals surface area contributed by atoms with Crippen molar-refractivity contribution >= 4 is 0 Å². The first-order chi connectivity index (χ1) is 2.80. The van der Waals surface area contributed by atoms with E-state index >= 15 is 0 Å². The summed E-state index contributed by atoms with van der Waals surface area (Å²) in [5, 5.41) is 0. The summed E-state index contributed by atoms with van der Waals surface area (Å²) in [5.41, 5.74) is 0. The molecule has 0 bridgehead atoms. The molecular weight excluding hydrogens is 71.0 g/mol. The molecule has 5 heavy (non-hydrogen) atoms. The highest BCUT2D eigenvalue weighted by molar-refractivity contribution is 4.59. The zero-order valence-corrected chi connectivity index (χ0v) is 2.65. The lowest BCUT2D eigenvalue weighted by Gasteiger charge is -2.16. The summed E-state index contributed by atoms with van der Waals surface area (Å²) >= 11 is 0. The van der Waals surface area contributed by atoms with E-state index < -0.39 is 12.8 Å². The maximum Gasteiger partial charge on any atom is 0.147 e. The molecule has 1 fully saturated rings. The Morgan fingerprint density at radius 2 is 2.80 bits per heavy atom. The van der Waals surface area contributed by atoms with Crippen LogP contribution in [0.2, 0.25) is 0 Å². The van der Waals surface area contributed by atoms with Crippen LogP contribution in [0.1, 0.15) is 1.37 Å². The normalized spacial score (nSPS) is 54.2. The molecule has 0 aromatic rings. The Labute approximate surface area is 31.1 Å². The maximum atomic E-state index is 11.6. The van der Waals surface area contributed by atoms with Crippen molar-refractivity contribution in [3.05, 3.63) is 0 Å². The fraction of sp³-hybridized carbons (Fsp3) is 1.00. The number of rotatable bonds is 0. The molecule has 1 nitrogen and oxygen atoms in total. The third-order valence-electron chi connectivity index (χ3n) is 0.499. The van der Waals surface area contributed by atoms with Crippen molar-refractivity contribution in [3.63, 3.8) is 0 Å². The van der Waals surface area contributed by atoms with Gasteiger partial charge in [-0.1, -0.05) is 0 Å². The molecule has 0 spiro atoms. The SMILES string of the molecule is [2H]C1OCC1F. The second kappa shape index (κ2) is 0.937. The van der Waals surface area contributed by atoms with Gasteiger partial charge in [-0.15, -0.1) is 0 Å². The van der Waals surface area contributed by atoms with Crippen LogP contribution >= 0.6 is 0 Å². The predicted molar refractivity (Wildman–Crippen MR) is 15.7 cm³/mol. The van der Waals surface area contributed by atoms with Gasteiger partial charge in [0.1, 0.15) is 6.17 Å². The Hall–Kier alpha value is -0.110. The Bertz CT molecular complexity index is 50.8. The minimum absolute atomic E-state index is 0.119. The van der Waals surface area contributed by atoms with E-state index in [4.69, 9.17) is 1.37 Å². The van der Waals surface area contributed by atoms with Crippen molar-refractivity contribution in [2.45, 2.75) is 6.17 Å². The Morgan fingerprint density at radius 3 is 2.80 bits per heavy atom. The van der Waals surface area contributed by atoms with Gasteiger partial charge >= 0.3 is 0 Å². The van der Waals surface area contributed by atoms with Crippen molar-refractivity contribution in [3.8, 4) is 0 Å². The molecule has 0 N–H and O–H groups in total. The van der Waals surface area contributed by atoms with E-state index in [0.29, 0.717) is 0 Å². The van der Waals surface area contributed by atoms with E-state index in [1.807, 2.05) is 0 Å². The van der Waals surface area contributed by atoms with Gasteiger partial charge in [0.15, 0.2) is 0 Å². The van der Waals surface area contributed by atoms with Gasteiger partial charge in [0.25, 0.3) is 0 Å². The fourth-order valence-corrected chi connectivity index (χ4v) is 0.169. The zero-order valence-electron chi connectivity index (χ0n) is 3.65. The molecule has 0 aromatic carbocycles. The monoisotopic (exact) mass is 77.0 g/mol. The minimum Gasteiger partial charge on any atom is -0.375 e. The van der Waals surface area contributed by atoms with E-state index in [-0.39, 0.29) is 6.61 Å². The molecule has 30 valence electrons. The van der Waals surface area contributed by atoms with Gasteiger partial charge in [0.05, 0.1) is 14.6 Å². The number of hydrogen-bond acceptors (Lipinski definition) is 1. The van der Waals surface area contributed by atoms with Crippen molar-refractivity contribution in [1.82, 2.24) is 0 Å². The highest BCUT2D eigenvalue weighted by Gasteiger charge is 2.14. The molecule has 1 aliphatic heterocycles. The lowest BCUT2D eigenvalue weighted by molar-refractivity contribution is -0.0497. The lowest BCUT2D eigenvalue weighted by Crippen LogP contribution is -2.28. The molecule has 1 rings (SSSR count). The summed E-state index contributed by atoms with van der Waals surface area (Å²) in [6.45, 7) is -0.765. The van der Waals surface area contributed by atoms with Gasteiger partial charge in [-0.05, 0) is 0 Å². The third-order valence-corrected chi connectivity index (χ3v) is 0.499. The van der Waals surface area contributed by atoms with Crippen LogP contribution in [0.3, 0.4) is 0 Å². The quantitative estimate of drug-likeness (QED) is 0.405.